The Morgan fingerprint density at radius 1 is 0.690 bits per heavy atom. The van der Waals surface area contributed by atoms with Crippen LogP contribution in [-0.4, -0.2) is 140 Å². The Balaban J connectivity index is 1.13. The van der Waals surface area contributed by atoms with Crippen molar-refractivity contribution in [2.75, 3.05) is 40.4 Å². The SMILES string of the molecule is C=C1/C=C\C=C/C[C@H](NC(=O)[C@@H]2CCCN2C(=O)[C@@H](NC(=O)[C@H](C)NC)C(C)(C)C)[C@H](OCCCCCCO[C@@H]2Cc3ccccc3[C@@H]2NC(=O)[C@@H]2CCCN2C(=O)[C@@H](NC(=O)[C@H](C)NC)C(C)(C)C)C1. The largest absolute Gasteiger partial charge is 0.376 e. The molecule has 16 nitrogen and oxygen atoms in total. The number of ether oxygens (including phenoxy) is 2. The molecule has 10 atom stereocenters. The Morgan fingerprint density at radius 3 is 1.72 bits per heavy atom. The standard InChI is InChI=1S/C55H86N8O8/c1-35-23-15-14-16-26-40(58-50(66)41-27-21-29-62(41)52(68)46(54(4,5)6)60-48(64)36(2)56-10)43(33-35)70-31-19-12-13-20-32-71-44-34-38-24-17-18-25-39(38)45(44)59-51(67)42-28-22-30-63(42)53(69)47(55(7,8)9)61-49(65)37(3)57-11/h14-18,23-25,36-37,40-47,56-57H,1,12-13,19-22,26-34H2,2-11H3,(H,58,66)(H,59,67)(H,60,64)(H,61,65)/b16-14-,23-15-/t36-,37-,40-,41-,42-,43+,44+,45-,46+,47+/m0/s1. The van der Waals surface area contributed by atoms with Crippen molar-refractivity contribution in [3.63, 3.8) is 0 Å². The van der Waals surface area contributed by atoms with E-state index in [9.17, 15) is 28.8 Å². The monoisotopic (exact) mass is 987 g/mol. The summed E-state index contributed by atoms with van der Waals surface area (Å²) >= 11 is 0. The predicted octanol–water partition coefficient (Wildman–Crippen LogP) is 4.94. The molecule has 16 heteroatoms. The third-order valence-corrected chi connectivity index (χ3v) is 14.5. The molecule has 2 heterocycles. The van der Waals surface area contributed by atoms with Gasteiger partial charge in [0.15, 0.2) is 0 Å². The van der Waals surface area contributed by atoms with Gasteiger partial charge in [-0.25, -0.2) is 0 Å². The second kappa shape index (κ2) is 26.2. The quantitative estimate of drug-likeness (QED) is 0.0919. The van der Waals surface area contributed by atoms with Crippen LogP contribution >= 0.6 is 0 Å². The fraction of sp³-hybridized carbons (Fsp3) is 0.673. The molecule has 1 aromatic rings. The van der Waals surface area contributed by atoms with Crippen LogP contribution in [0.1, 0.15) is 137 Å². The number of likely N-dealkylation sites (N-methyl/N-ethyl adjacent to an activating group) is 2. The number of hydrogen-bond donors (Lipinski definition) is 6. The molecule has 71 heavy (non-hydrogen) atoms. The Hall–Kier alpha value is -4.90. The smallest absolute Gasteiger partial charge is 0.246 e. The first-order valence-electron chi connectivity index (χ1n) is 26.1. The molecule has 394 valence electrons. The van der Waals surface area contributed by atoms with Crippen molar-refractivity contribution in [1.29, 1.82) is 0 Å². The van der Waals surface area contributed by atoms with Gasteiger partial charge < -0.3 is 51.2 Å². The van der Waals surface area contributed by atoms with Crippen molar-refractivity contribution in [3.8, 4) is 0 Å². The molecule has 2 fully saturated rings. The second-order valence-electron chi connectivity index (χ2n) is 22.1. The molecule has 6 amide bonds. The zero-order valence-corrected chi connectivity index (χ0v) is 44.4. The molecule has 6 N–H and O–H groups in total. The Bertz CT molecular complexity index is 2080. The number of carbonyl (C=O) groups excluding carboxylic acids is 6. The van der Waals surface area contributed by atoms with E-state index in [4.69, 9.17) is 9.47 Å². The van der Waals surface area contributed by atoms with Crippen LogP contribution in [0.25, 0.3) is 0 Å². The molecule has 0 unspecified atom stereocenters. The van der Waals surface area contributed by atoms with Crippen molar-refractivity contribution in [2.45, 2.75) is 187 Å². The maximum atomic E-state index is 14.1. The highest BCUT2D eigenvalue weighted by Crippen LogP contribution is 2.35. The number of unbranched alkanes of at least 4 members (excludes halogenated alkanes) is 3. The van der Waals surface area contributed by atoms with E-state index in [0.717, 1.165) is 42.4 Å². The minimum Gasteiger partial charge on any atom is -0.376 e. The first-order valence-corrected chi connectivity index (χ1v) is 26.1. The van der Waals surface area contributed by atoms with Gasteiger partial charge in [0, 0.05) is 39.1 Å². The lowest BCUT2D eigenvalue weighted by molar-refractivity contribution is -0.144. The van der Waals surface area contributed by atoms with Crippen LogP contribution in [0.2, 0.25) is 0 Å². The van der Waals surface area contributed by atoms with Gasteiger partial charge in [0.05, 0.1) is 36.4 Å². The van der Waals surface area contributed by atoms with Crippen LogP contribution < -0.4 is 31.9 Å². The van der Waals surface area contributed by atoms with E-state index in [1.54, 1.807) is 37.7 Å². The third-order valence-electron chi connectivity index (χ3n) is 14.5. The van der Waals surface area contributed by atoms with Crippen molar-refractivity contribution in [3.05, 3.63) is 71.8 Å². The second-order valence-corrected chi connectivity index (χ2v) is 22.1. The fourth-order valence-corrected chi connectivity index (χ4v) is 9.91. The van der Waals surface area contributed by atoms with Crippen molar-refractivity contribution in [2.24, 2.45) is 10.8 Å². The lowest BCUT2D eigenvalue weighted by atomic mass is 9.85. The summed E-state index contributed by atoms with van der Waals surface area (Å²) in [6.45, 7) is 21.1. The van der Waals surface area contributed by atoms with Crippen molar-refractivity contribution >= 4 is 35.4 Å². The Labute approximate surface area is 423 Å². The summed E-state index contributed by atoms with van der Waals surface area (Å²) in [6, 6.07) is 3.51. The van der Waals surface area contributed by atoms with Crippen LogP contribution in [0.4, 0.5) is 0 Å². The van der Waals surface area contributed by atoms with Crippen LogP contribution in [0, 0.1) is 10.8 Å². The minimum absolute atomic E-state index is 0.215. The number of fused-ring (bicyclic) bond motifs is 1. The van der Waals surface area contributed by atoms with Gasteiger partial charge in [0.25, 0.3) is 0 Å². The maximum Gasteiger partial charge on any atom is 0.246 e. The first kappa shape index (κ1) is 57.0. The van der Waals surface area contributed by atoms with E-state index in [1.165, 1.54) is 0 Å². The predicted molar refractivity (Wildman–Crippen MR) is 277 cm³/mol. The number of amides is 6. The zero-order valence-electron chi connectivity index (χ0n) is 44.4. The molecule has 0 aromatic heterocycles. The number of carbonyl (C=O) groups is 6. The molecule has 0 saturated carbocycles. The summed E-state index contributed by atoms with van der Waals surface area (Å²) in [5.41, 5.74) is 1.89. The number of likely N-dealkylation sites (tertiary alicyclic amines) is 2. The van der Waals surface area contributed by atoms with E-state index in [0.29, 0.717) is 71.2 Å². The maximum absolute atomic E-state index is 14.1. The van der Waals surface area contributed by atoms with Gasteiger partial charge in [0.1, 0.15) is 24.2 Å². The topological polar surface area (TPSA) is 200 Å². The molecule has 1 aromatic carbocycles. The summed E-state index contributed by atoms with van der Waals surface area (Å²) in [5, 5.41) is 18.3. The highest BCUT2D eigenvalue weighted by molar-refractivity contribution is 5.95. The summed E-state index contributed by atoms with van der Waals surface area (Å²) in [7, 11) is 3.39. The molecule has 4 aliphatic rings. The summed E-state index contributed by atoms with van der Waals surface area (Å²) < 4.78 is 13.1. The summed E-state index contributed by atoms with van der Waals surface area (Å²) in [6.07, 6.45) is 14.9. The molecule has 2 aliphatic heterocycles. The van der Waals surface area contributed by atoms with Crippen LogP contribution in [0.15, 0.2) is 60.7 Å². The molecular formula is C55H86N8O8. The molecule has 2 aliphatic carbocycles. The highest BCUT2D eigenvalue weighted by atomic mass is 16.5. The highest BCUT2D eigenvalue weighted by Gasteiger charge is 2.45. The number of nitrogens with one attached hydrogen (secondary N) is 6. The van der Waals surface area contributed by atoms with E-state index in [1.807, 2.05) is 84.0 Å². The normalized spacial score (nSPS) is 25.1. The van der Waals surface area contributed by atoms with E-state index >= 15 is 0 Å². The van der Waals surface area contributed by atoms with E-state index < -0.39 is 47.1 Å². The van der Waals surface area contributed by atoms with E-state index in [2.05, 4.69) is 44.5 Å². The number of nitrogens with zero attached hydrogens (tertiary/aromatic N) is 2. The molecule has 0 spiro atoms. The molecule has 0 bridgehead atoms. The van der Waals surface area contributed by atoms with Gasteiger partial charge in [-0.2, -0.15) is 0 Å². The molecule has 2 saturated heterocycles. The summed E-state index contributed by atoms with van der Waals surface area (Å²) in [4.78, 5) is 85.6. The lowest BCUT2D eigenvalue weighted by Gasteiger charge is -2.36. The zero-order chi connectivity index (χ0) is 52.0. The number of rotatable bonds is 21. The van der Waals surface area contributed by atoms with Gasteiger partial charge >= 0.3 is 0 Å². The Morgan fingerprint density at radius 2 is 1.20 bits per heavy atom. The number of hydrogen-bond acceptors (Lipinski definition) is 10. The van der Waals surface area contributed by atoms with Gasteiger partial charge in [-0.15, -0.1) is 0 Å². The average molecular weight is 987 g/mol. The molecule has 5 rings (SSSR count). The Kier molecular flexibility index (Phi) is 21.0. The summed E-state index contributed by atoms with van der Waals surface area (Å²) in [5.74, 6) is -1.49. The van der Waals surface area contributed by atoms with Crippen LogP contribution in [0.5, 0.6) is 0 Å². The first-order chi connectivity index (χ1) is 33.7. The van der Waals surface area contributed by atoms with Gasteiger partial charge in [0.2, 0.25) is 35.4 Å². The van der Waals surface area contributed by atoms with Crippen molar-refractivity contribution < 1.29 is 38.2 Å². The van der Waals surface area contributed by atoms with E-state index in [-0.39, 0.29) is 59.7 Å². The van der Waals surface area contributed by atoms with Gasteiger partial charge in [-0.3, -0.25) is 28.8 Å². The minimum atomic E-state index is -0.801. The van der Waals surface area contributed by atoms with Crippen LogP contribution in [-0.2, 0) is 44.7 Å². The average Bonchev–Trinajstić information content (AvgIpc) is 4.11. The number of benzene rings is 1. The van der Waals surface area contributed by atoms with Crippen molar-refractivity contribution in [1.82, 2.24) is 41.7 Å². The lowest BCUT2D eigenvalue weighted by Crippen LogP contribution is -2.60. The molecular weight excluding hydrogens is 901 g/mol. The third kappa shape index (κ3) is 15.6. The van der Waals surface area contributed by atoms with Gasteiger partial charge in [-0.05, 0) is 94.8 Å². The fourth-order valence-electron chi connectivity index (χ4n) is 9.91. The molecule has 0 radical (unpaired) electrons. The van der Waals surface area contributed by atoms with Crippen LogP contribution in [0.3, 0.4) is 0 Å². The van der Waals surface area contributed by atoms with Gasteiger partial charge in [-0.1, -0.05) is 115 Å². The number of allylic oxidation sites excluding steroid dienone is 3.